The average molecular weight is 390 g/mol. The summed E-state index contributed by atoms with van der Waals surface area (Å²) in [4.78, 5) is 19.7. The van der Waals surface area contributed by atoms with Crippen molar-refractivity contribution in [1.82, 2.24) is 9.80 Å². The van der Waals surface area contributed by atoms with E-state index in [-0.39, 0.29) is 5.91 Å². The van der Waals surface area contributed by atoms with Crippen LogP contribution in [0, 0.1) is 0 Å². The Balaban J connectivity index is 1.34. The SMILES string of the molecule is O=C(c1ccsc1)N1CCCC(N2CCN(c3cccc(Cl)c3)CC2)C1. The van der Waals surface area contributed by atoms with E-state index in [2.05, 4.69) is 15.9 Å². The minimum absolute atomic E-state index is 0.188. The number of nitrogens with zero attached hydrogens (tertiary/aromatic N) is 3. The van der Waals surface area contributed by atoms with Crippen molar-refractivity contribution < 1.29 is 4.79 Å². The van der Waals surface area contributed by atoms with Gasteiger partial charge in [0.15, 0.2) is 0 Å². The van der Waals surface area contributed by atoms with Crippen LogP contribution in [0.3, 0.4) is 0 Å². The molecule has 0 N–H and O–H groups in total. The summed E-state index contributed by atoms with van der Waals surface area (Å²) in [5.74, 6) is 0.188. The molecule has 1 atom stereocenters. The lowest BCUT2D eigenvalue weighted by atomic mass is 10.0. The number of amides is 1. The summed E-state index contributed by atoms with van der Waals surface area (Å²) in [6, 6.07) is 10.5. The number of halogens is 1. The van der Waals surface area contributed by atoms with Crippen molar-refractivity contribution in [3.05, 3.63) is 51.7 Å². The molecule has 0 spiro atoms. The number of thiophene rings is 1. The summed E-state index contributed by atoms with van der Waals surface area (Å²) >= 11 is 7.72. The van der Waals surface area contributed by atoms with Crippen molar-refractivity contribution in [2.45, 2.75) is 18.9 Å². The summed E-state index contributed by atoms with van der Waals surface area (Å²) in [7, 11) is 0. The van der Waals surface area contributed by atoms with Crippen molar-refractivity contribution in [3.8, 4) is 0 Å². The number of hydrogen-bond acceptors (Lipinski definition) is 4. The zero-order chi connectivity index (χ0) is 17.9. The maximum absolute atomic E-state index is 12.7. The molecule has 26 heavy (non-hydrogen) atoms. The lowest BCUT2D eigenvalue weighted by molar-refractivity contribution is 0.0564. The Morgan fingerprint density at radius 2 is 1.96 bits per heavy atom. The molecule has 1 amide bonds. The van der Waals surface area contributed by atoms with Crippen molar-refractivity contribution >= 4 is 34.5 Å². The molecule has 2 aliphatic rings. The molecule has 4 nitrogen and oxygen atoms in total. The van der Waals surface area contributed by atoms with E-state index < -0.39 is 0 Å². The Morgan fingerprint density at radius 3 is 2.69 bits per heavy atom. The Labute approximate surface area is 164 Å². The zero-order valence-electron chi connectivity index (χ0n) is 14.8. The summed E-state index contributed by atoms with van der Waals surface area (Å²) < 4.78 is 0. The molecule has 1 aromatic heterocycles. The number of carbonyl (C=O) groups is 1. The predicted molar refractivity (Wildman–Crippen MR) is 108 cm³/mol. The predicted octanol–water partition coefficient (Wildman–Crippen LogP) is 3.83. The van der Waals surface area contributed by atoms with Crippen LogP contribution in [0.5, 0.6) is 0 Å². The van der Waals surface area contributed by atoms with Crippen LogP contribution < -0.4 is 4.90 Å². The van der Waals surface area contributed by atoms with Gasteiger partial charge in [0.05, 0.1) is 5.56 Å². The lowest BCUT2D eigenvalue weighted by Gasteiger charge is -2.44. The Hall–Kier alpha value is -1.56. The second kappa shape index (κ2) is 7.99. The molecule has 1 aromatic carbocycles. The monoisotopic (exact) mass is 389 g/mol. The number of rotatable bonds is 3. The summed E-state index contributed by atoms with van der Waals surface area (Å²) in [5, 5.41) is 4.72. The van der Waals surface area contributed by atoms with Crippen LogP contribution in [0.25, 0.3) is 0 Å². The molecule has 2 fully saturated rings. The molecule has 1 unspecified atom stereocenters. The molecule has 3 heterocycles. The van der Waals surface area contributed by atoms with E-state index in [0.717, 1.165) is 56.3 Å². The molecule has 0 aliphatic carbocycles. The van der Waals surface area contributed by atoms with Gasteiger partial charge in [-0.15, -0.1) is 0 Å². The molecule has 138 valence electrons. The van der Waals surface area contributed by atoms with Crippen molar-refractivity contribution in [1.29, 1.82) is 0 Å². The number of likely N-dealkylation sites (tertiary alicyclic amines) is 1. The number of carbonyl (C=O) groups excluding carboxylic acids is 1. The van der Waals surface area contributed by atoms with Gasteiger partial charge in [-0.1, -0.05) is 17.7 Å². The van der Waals surface area contributed by atoms with E-state index in [1.165, 1.54) is 12.1 Å². The van der Waals surface area contributed by atoms with Crippen molar-refractivity contribution in [3.63, 3.8) is 0 Å². The third-order valence-corrected chi connectivity index (χ3v) is 6.37. The van der Waals surface area contributed by atoms with E-state index in [9.17, 15) is 4.79 Å². The number of piperazine rings is 1. The molecule has 2 saturated heterocycles. The molecular weight excluding hydrogens is 366 g/mol. The van der Waals surface area contributed by atoms with Crippen LogP contribution in [-0.4, -0.2) is 61.0 Å². The van der Waals surface area contributed by atoms with Crippen molar-refractivity contribution in [2.24, 2.45) is 0 Å². The van der Waals surface area contributed by atoms with Gasteiger partial charge in [0, 0.05) is 61.4 Å². The van der Waals surface area contributed by atoms with Gasteiger partial charge in [0.25, 0.3) is 5.91 Å². The normalized spacial score (nSPS) is 21.8. The fourth-order valence-electron chi connectivity index (χ4n) is 4.02. The van der Waals surface area contributed by atoms with Crippen LogP contribution >= 0.6 is 22.9 Å². The third-order valence-electron chi connectivity index (χ3n) is 5.46. The van der Waals surface area contributed by atoms with Crippen LogP contribution in [0.2, 0.25) is 5.02 Å². The van der Waals surface area contributed by atoms with Gasteiger partial charge in [-0.25, -0.2) is 0 Å². The number of anilines is 1. The van der Waals surface area contributed by atoms with Crippen LogP contribution in [-0.2, 0) is 0 Å². The fraction of sp³-hybridized carbons (Fsp3) is 0.450. The smallest absolute Gasteiger partial charge is 0.254 e. The zero-order valence-corrected chi connectivity index (χ0v) is 16.4. The minimum Gasteiger partial charge on any atom is -0.369 e. The van der Waals surface area contributed by atoms with E-state index in [1.807, 2.05) is 39.9 Å². The molecule has 0 saturated carbocycles. The molecular formula is C20H24ClN3OS. The highest BCUT2D eigenvalue weighted by Gasteiger charge is 2.30. The van der Waals surface area contributed by atoms with Gasteiger partial charge in [0.2, 0.25) is 0 Å². The highest BCUT2D eigenvalue weighted by Crippen LogP contribution is 2.24. The number of piperidine rings is 1. The number of hydrogen-bond donors (Lipinski definition) is 0. The van der Waals surface area contributed by atoms with E-state index in [0.29, 0.717) is 6.04 Å². The van der Waals surface area contributed by atoms with Gasteiger partial charge < -0.3 is 9.80 Å². The van der Waals surface area contributed by atoms with Crippen LogP contribution in [0.15, 0.2) is 41.1 Å². The maximum atomic E-state index is 12.7. The molecule has 4 rings (SSSR count). The highest BCUT2D eigenvalue weighted by atomic mass is 35.5. The van der Waals surface area contributed by atoms with Crippen molar-refractivity contribution in [2.75, 3.05) is 44.2 Å². The Kier molecular flexibility index (Phi) is 5.48. The van der Waals surface area contributed by atoms with E-state index in [4.69, 9.17) is 11.6 Å². The van der Waals surface area contributed by atoms with E-state index in [1.54, 1.807) is 11.3 Å². The molecule has 2 aromatic rings. The van der Waals surface area contributed by atoms with Gasteiger partial charge >= 0.3 is 0 Å². The fourth-order valence-corrected chi connectivity index (χ4v) is 4.84. The first-order valence-corrected chi connectivity index (χ1v) is 10.6. The number of benzene rings is 1. The molecule has 2 aliphatic heterocycles. The van der Waals surface area contributed by atoms with Gasteiger partial charge in [-0.05, 0) is 42.5 Å². The summed E-state index contributed by atoms with van der Waals surface area (Å²) in [5.41, 5.74) is 2.04. The van der Waals surface area contributed by atoms with Crippen LogP contribution in [0.1, 0.15) is 23.2 Å². The Morgan fingerprint density at radius 1 is 1.12 bits per heavy atom. The first kappa shape index (κ1) is 17.8. The first-order chi connectivity index (χ1) is 12.7. The minimum atomic E-state index is 0.188. The first-order valence-electron chi connectivity index (χ1n) is 9.27. The van der Waals surface area contributed by atoms with Gasteiger partial charge in [-0.2, -0.15) is 11.3 Å². The highest BCUT2D eigenvalue weighted by molar-refractivity contribution is 7.08. The van der Waals surface area contributed by atoms with Gasteiger partial charge in [-0.3, -0.25) is 9.69 Å². The third kappa shape index (κ3) is 3.90. The molecule has 0 radical (unpaired) electrons. The maximum Gasteiger partial charge on any atom is 0.254 e. The second-order valence-electron chi connectivity index (χ2n) is 7.06. The standard InChI is InChI=1S/C20H24ClN3OS/c21-17-3-1-4-18(13-17)22-8-10-23(11-9-22)19-5-2-7-24(14-19)20(25)16-6-12-26-15-16/h1,3-4,6,12-13,15,19H,2,5,7-11,14H2. The molecule has 0 bridgehead atoms. The average Bonchev–Trinajstić information content (AvgIpc) is 3.22. The molecule has 6 heteroatoms. The topological polar surface area (TPSA) is 26.8 Å². The lowest BCUT2D eigenvalue weighted by Crippen LogP contribution is -2.55. The largest absolute Gasteiger partial charge is 0.369 e. The Bertz CT molecular complexity index is 743. The van der Waals surface area contributed by atoms with Crippen LogP contribution in [0.4, 0.5) is 5.69 Å². The summed E-state index contributed by atoms with van der Waals surface area (Å²) in [6.45, 7) is 5.83. The van der Waals surface area contributed by atoms with Gasteiger partial charge in [0.1, 0.15) is 0 Å². The quantitative estimate of drug-likeness (QED) is 0.798. The second-order valence-corrected chi connectivity index (χ2v) is 8.28. The summed E-state index contributed by atoms with van der Waals surface area (Å²) in [6.07, 6.45) is 2.28. The van der Waals surface area contributed by atoms with E-state index >= 15 is 0 Å².